The van der Waals surface area contributed by atoms with E-state index in [1.54, 1.807) is 6.26 Å². The maximum absolute atomic E-state index is 11.9. The van der Waals surface area contributed by atoms with Gasteiger partial charge < -0.3 is 14.1 Å². The van der Waals surface area contributed by atoms with Crippen LogP contribution in [-0.2, 0) is 9.53 Å². The van der Waals surface area contributed by atoms with Gasteiger partial charge in [0, 0.05) is 5.69 Å². The molecule has 102 valence electrons. The molecule has 0 aromatic carbocycles. The fourth-order valence-electron chi connectivity index (χ4n) is 2.11. The number of carbonyl (C=O) groups excluding carboxylic acids is 1. The second kappa shape index (κ2) is 5.30. The molecule has 1 unspecified atom stereocenters. The lowest BCUT2D eigenvalue weighted by Crippen LogP contribution is -2.20. The molecule has 0 aliphatic heterocycles. The molecule has 5 heteroatoms. The molecule has 2 aromatic rings. The summed E-state index contributed by atoms with van der Waals surface area (Å²) >= 11 is 0. The topological polar surface area (TPSA) is 68.1 Å². The Bertz CT molecular complexity index is 555. The van der Waals surface area contributed by atoms with Crippen LogP contribution in [0.2, 0.25) is 0 Å². The molecule has 0 spiro atoms. The Morgan fingerprint density at radius 3 is 2.74 bits per heavy atom. The van der Waals surface area contributed by atoms with Crippen molar-refractivity contribution in [2.75, 3.05) is 7.11 Å². The average Bonchev–Trinajstić information content (AvgIpc) is 2.98. The molecule has 0 saturated carbocycles. The van der Waals surface area contributed by atoms with Crippen LogP contribution in [0.25, 0.3) is 11.5 Å². The summed E-state index contributed by atoms with van der Waals surface area (Å²) in [6, 6.07) is 3.65. The van der Waals surface area contributed by atoms with Crippen molar-refractivity contribution in [2.24, 2.45) is 5.92 Å². The Morgan fingerprint density at radius 2 is 2.21 bits per heavy atom. The van der Waals surface area contributed by atoms with Gasteiger partial charge in [-0.2, -0.15) is 0 Å². The molecule has 2 heterocycles. The SMILES string of the molecule is COC(=O)C(c1nc(-c2ccco2)c(C)[nH]1)C(C)C. The molecule has 0 aliphatic rings. The quantitative estimate of drug-likeness (QED) is 0.860. The van der Waals surface area contributed by atoms with E-state index in [1.807, 2.05) is 32.9 Å². The van der Waals surface area contributed by atoms with Gasteiger partial charge in [0.05, 0.1) is 13.4 Å². The van der Waals surface area contributed by atoms with Gasteiger partial charge in [0.15, 0.2) is 5.76 Å². The van der Waals surface area contributed by atoms with E-state index in [1.165, 1.54) is 7.11 Å². The second-order valence-electron chi connectivity index (χ2n) is 4.82. The van der Waals surface area contributed by atoms with Gasteiger partial charge in [0.2, 0.25) is 0 Å². The molecular formula is C14H18N2O3. The third kappa shape index (κ3) is 2.54. The molecule has 0 bridgehead atoms. The highest BCUT2D eigenvalue weighted by atomic mass is 16.5. The highest BCUT2D eigenvalue weighted by molar-refractivity contribution is 5.77. The minimum absolute atomic E-state index is 0.0995. The third-order valence-electron chi connectivity index (χ3n) is 3.07. The number of nitrogens with zero attached hydrogens (tertiary/aromatic N) is 1. The summed E-state index contributed by atoms with van der Waals surface area (Å²) in [4.78, 5) is 19.5. The van der Waals surface area contributed by atoms with Crippen molar-refractivity contribution >= 4 is 5.97 Å². The van der Waals surface area contributed by atoms with E-state index in [4.69, 9.17) is 9.15 Å². The summed E-state index contributed by atoms with van der Waals surface area (Å²) in [7, 11) is 1.39. The number of nitrogens with one attached hydrogen (secondary N) is 1. The lowest BCUT2D eigenvalue weighted by atomic mass is 9.95. The molecule has 2 aromatic heterocycles. The maximum atomic E-state index is 11.9. The van der Waals surface area contributed by atoms with Gasteiger partial charge in [0.1, 0.15) is 17.4 Å². The van der Waals surface area contributed by atoms with Gasteiger partial charge in [-0.05, 0) is 25.0 Å². The van der Waals surface area contributed by atoms with Gasteiger partial charge in [-0.1, -0.05) is 13.8 Å². The van der Waals surface area contributed by atoms with Crippen molar-refractivity contribution in [3.05, 3.63) is 29.9 Å². The largest absolute Gasteiger partial charge is 0.468 e. The highest BCUT2D eigenvalue weighted by Crippen LogP contribution is 2.28. The lowest BCUT2D eigenvalue weighted by Gasteiger charge is -2.15. The third-order valence-corrected chi connectivity index (χ3v) is 3.07. The first-order valence-electron chi connectivity index (χ1n) is 6.22. The number of methoxy groups -OCH3 is 1. The van der Waals surface area contributed by atoms with Gasteiger partial charge in [0.25, 0.3) is 0 Å². The summed E-state index contributed by atoms with van der Waals surface area (Å²) in [6.45, 7) is 5.83. The van der Waals surface area contributed by atoms with E-state index in [-0.39, 0.29) is 11.9 Å². The van der Waals surface area contributed by atoms with Crippen LogP contribution in [0.1, 0.15) is 31.3 Å². The van der Waals surface area contributed by atoms with Gasteiger partial charge in [-0.15, -0.1) is 0 Å². The zero-order chi connectivity index (χ0) is 14.0. The number of hydrogen-bond acceptors (Lipinski definition) is 4. The van der Waals surface area contributed by atoms with Crippen LogP contribution in [0.15, 0.2) is 22.8 Å². The first-order valence-corrected chi connectivity index (χ1v) is 6.22. The summed E-state index contributed by atoms with van der Waals surface area (Å²) < 4.78 is 10.2. The molecule has 0 radical (unpaired) electrons. The number of aromatic amines is 1. The summed E-state index contributed by atoms with van der Waals surface area (Å²) in [6.07, 6.45) is 1.60. The van der Waals surface area contributed by atoms with Crippen LogP contribution in [0.4, 0.5) is 0 Å². The van der Waals surface area contributed by atoms with E-state index >= 15 is 0 Å². The number of esters is 1. The second-order valence-corrected chi connectivity index (χ2v) is 4.82. The van der Waals surface area contributed by atoms with Crippen molar-refractivity contribution in [1.29, 1.82) is 0 Å². The normalized spacial score (nSPS) is 12.7. The Hall–Kier alpha value is -2.04. The van der Waals surface area contributed by atoms with E-state index in [2.05, 4.69) is 9.97 Å². The average molecular weight is 262 g/mol. The molecule has 2 rings (SSSR count). The van der Waals surface area contributed by atoms with Crippen molar-refractivity contribution in [3.8, 4) is 11.5 Å². The number of hydrogen-bond donors (Lipinski definition) is 1. The van der Waals surface area contributed by atoms with Gasteiger partial charge in [-0.25, -0.2) is 4.98 Å². The molecule has 1 N–H and O–H groups in total. The molecule has 19 heavy (non-hydrogen) atoms. The number of aryl methyl sites for hydroxylation is 1. The molecular weight excluding hydrogens is 244 g/mol. The highest BCUT2D eigenvalue weighted by Gasteiger charge is 2.29. The van der Waals surface area contributed by atoms with Crippen LogP contribution in [0.3, 0.4) is 0 Å². The maximum Gasteiger partial charge on any atom is 0.316 e. The van der Waals surface area contributed by atoms with Crippen LogP contribution >= 0.6 is 0 Å². The van der Waals surface area contributed by atoms with E-state index in [9.17, 15) is 4.79 Å². The van der Waals surface area contributed by atoms with Crippen LogP contribution in [0, 0.1) is 12.8 Å². The van der Waals surface area contributed by atoms with Crippen molar-refractivity contribution in [1.82, 2.24) is 9.97 Å². The Labute approximate surface area is 112 Å². The Balaban J connectivity index is 2.40. The number of imidazole rings is 1. The predicted octanol–water partition coefficient (Wildman–Crippen LogP) is 2.89. The first-order chi connectivity index (χ1) is 9.04. The summed E-state index contributed by atoms with van der Waals surface area (Å²) in [5.74, 6) is 0.725. The summed E-state index contributed by atoms with van der Waals surface area (Å²) in [5, 5.41) is 0. The lowest BCUT2D eigenvalue weighted by molar-refractivity contribution is -0.143. The number of carbonyl (C=O) groups is 1. The van der Waals surface area contributed by atoms with E-state index in [0.717, 1.165) is 11.4 Å². The fourth-order valence-corrected chi connectivity index (χ4v) is 2.11. The smallest absolute Gasteiger partial charge is 0.316 e. The predicted molar refractivity (Wildman–Crippen MR) is 70.6 cm³/mol. The number of ether oxygens (including phenoxy) is 1. The molecule has 0 aliphatic carbocycles. The minimum Gasteiger partial charge on any atom is -0.468 e. The zero-order valence-electron chi connectivity index (χ0n) is 11.6. The van der Waals surface area contributed by atoms with Crippen molar-refractivity contribution in [2.45, 2.75) is 26.7 Å². The number of rotatable bonds is 4. The Kier molecular flexibility index (Phi) is 3.74. The zero-order valence-corrected chi connectivity index (χ0v) is 11.6. The number of aromatic nitrogens is 2. The fraction of sp³-hybridized carbons (Fsp3) is 0.429. The van der Waals surface area contributed by atoms with E-state index < -0.39 is 5.92 Å². The molecule has 0 fully saturated rings. The Morgan fingerprint density at radius 1 is 1.47 bits per heavy atom. The van der Waals surface area contributed by atoms with Gasteiger partial charge >= 0.3 is 5.97 Å². The molecule has 5 nitrogen and oxygen atoms in total. The van der Waals surface area contributed by atoms with Crippen molar-refractivity contribution in [3.63, 3.8) is 0 Å². The molecule has 0 saturated heterocycles. The van der Waals surface area contributed by atoms with Crippen LogP contribution < -0.4 is 0 Å². The van der Waals surface area contributed by atoms with Crippen LogP contribution in [0.5, 0.6) is 0 Å². The standard InChI is InChI=1S/C14H18N2O3/c1-8(2)11(14(17)18-4)13-15-9(3)12(16-13)10-6-5-7-19-10/h5-8,11H,1-4H3,(H,15,16). The molecule has 1 atom stereocenters. The molecule has 0 amide bonds. The summed E-state index contributed by atoms with van der Waals surface area (Å²) in [5.41, 5.74) is 1.61. The minimum atomic E-state index is -0.396. The van der Waals surface area contributed by atoms with Crippen molar-refractivity contribution < 1.29 is 13.9 Å². The van der Waals surface area contributed by atoms with Crippen LogP contribution in [-0.4, -0.2) is 23.0 Å². The monoisotopic (exact) mass is 262 g/mol. The number of furan rings is 1. The van der Waals surface area contributed by atoms with E-state index in [0.29, 0.717) is 11.6 Å². The first kappa shape index (κ1) is 13.4. The van der Waals surface area contributed by atoms with Gasteiger partial charge in [-0.3, -0.25) is 4.79 Å². The number of H-pyrrole nitrogens is 1.